The number of carbonyl (C=O) groups excluding carboxylic acids is 1. The molecule has 2 heterocycles. The van der Waals surface area contributed by atoms with Crippen LogP contribution >= 0.6 is 27.0 Å². The highest BCUT2D eigenvalue weighted by Crippen LogP contribution is 2.29. The van der Waals surface area contributed by atoms with Gasteiger partial charge in [-0.1, -0.05) is 30.3 Å². The zero-order valence-electron chi connectivity index (χ0n) is 16.1. The molecule has 3 N–H and O–H groups in total. The van der Waals surface area contributed by atoms with Crippen LogP contribution in [0.3, 0.4) is 0 Å². The first-order chi connectivity index (χ1) is 13.1. The van der Waals surface area contributed by atoms with Crippen molar-refractivity contribution in [3.63, 3.8) is 0 Å². The van der Waals surface area contributed by atoms with E-state index in [0.29, 0.717) is 23.0 Å². The number of rotatable bonds is 4. The molecule has 1 fully saturated rings. The second kappa shape index (κ2) is 10.00. The van der Waals surface area contributed by atoms with Crippen LogP contribution in [-0.4, -0.2) is 45.3 Å². The number of aliphatic hydroxyl groups is 1. The van der Waals surface area contributed by atoms with Crippen LogP contribution in [0.2, 0.25) is 0 Å². The number of carbonyl (C=O) groups is 1. The van der Waals surface area contributed by atoms with Gasteiger partial charge >= 0.3 is 5.97 Å². The van der Waals surface area contributed by atoms with E-state index in [-0.39, 0.29) is 39.1 Å². The van der Waals surface area contributed by atoms with Crippen molar-refractivity contribution in [2.45, 2.75) is 37.8 Å². The minimum absolute atomic E-state index is 0. The van der Waals surface area contributed by atoms with Crippen LogP contribution in [-0.2, 0) is 4.74 Å². The van der Waals surface area contributed by atoms with Crippen LogP contribution in [0.15, 0.2) is 36.4 Å². The maximum Gasteiger partial charge on any atom is 0.354 e. The molecular weight excluding hydrogens is 408 g/mol. The zero-order chi connectivity index (χ0) is 18.8. The molecule has 4 rings (SSSR count). The normalized spacial score (nSPS) is 18.4. The number of methoxy groups -OCH3 is 1. The smallest absolute Gasteiger partial charge is 0.354 e. The second-order valence-electron chi connectivity index (χ2n) is 6.85. The number of H-pyrrole nitrogens is 1. The van der Waals surface area contributed by atoms with E-state index < -0.39 is 5.97 Å². The molecule has 7 nitrogen and oxygen atoms in total. The van der Waals surface area contributed by atoms with Gasteiger partial charge in [0.05, 0.1) is 18.6 Å². The molecule has 2 aromatic heterocycles. The molecule has 0 atom stereocenters. The average molecular weight is 435 g/mol. The lowest BCUT2D eigenvalue weighted by atomic mass is 9.93. The van der Waals surface area contributed by atoms with E-state index in [1.165, 1.54) is 7.11 Å². The monoisotopic (exact) mass is 434 g/mol. The number of hydrogen-bond donors (Lipinski definition) is 3. The number of anilines is 1. The maximum atomic E-state index is 11.9. The Labute approximate surface area is 183 Å². The van der Waals surface area contributed by atoms with E-state index in [0.717, 1.165) is 36.6 Å². The third-order valence-corrected chi connectivity index (χ3v) is 4.96. The van der Waals surface area contributed by atoms with Gasteiger partial charge in [0, 0.05) is 11.6 Å². The van der Waals surface area contributed by atoms with Crippen molar-refractivity contribution >= 4 is 49.8 Å². The van der Waals surface area contributed by atoms with E-state index >= 15 is 0 Å². The molecule has 156 valence electrons. The molecule has 1 aliphatic rings. The van der Waals surface area contributed by atoms with E-state index in [9.17, 15) is 9.90 Å². The Morgan fingerprint density at radius 1 is 1.14 bits per heavy atom. The molecule has 9 heteroatoms. The number of nitrogens with one attached hydrogen (secondary N) is 2. The van der Waals surface area contributed by atoms with Crippen LogP contribution < -0.4 is 5.32 Å². The molecule has 1 saturated carbocycles. The van der Waals surface area contributed by atoms with Gasteiger partial charge < -0.3 is 20.1 Å². The van der Waals surface area contributed by atoms with Gasteiger partial charge in [-0.25, -0.2) is 14.8 Å². The minimum atomic E-state index is -0.444. The summed E-state index contributed by atoms with van der Waals surface area (Å²) in [4.78, 5) is 24.3. The summed E-state index contributed by atoms with van der Waals surface area (Å²) in [6, 6.07) is 11.7. The molecule has 0 radical (unpaired) electrons. The molecule has 1 aromatic carbocycles. The highest BCUT2D eigenvalue weighted by atomic mass is 32.1. The van der Waals surface area contributed by atoms with Crippen LogP contribution in [0.5, 0.6) is 0 Å². The first-order valence-electron chi connectivity index (χ1n) is 9.13. The number of aliphatic hydroxyl groups excluding tert-OH is 1. The number of aromatic amines is 1. The number of fused-ring (bicyclic) bond motifs is 1. The largest absolute Gasteiger partial charge is 0.464 e. The van der Waals surface area contributed by atoms with Crippen molar-refractivity contribution in [1.29, 1.82) is 0 Å². The first-order valence-corrected chi connectivity index (χ1v) is 9.13. The maximum absolute atomic E-state index is 11.9. The zero-order valence-corrected chi connectivity index (χ0v) is 18.1. The summed E-state index contributed by atoms with van der Waals surface area (Å²) in [6.45, 7) is 0. The number of hydrogen-bond acceptors (Lipinski definition) is 6. The molecule has 0 saturated heterocycles. The molecule has 1 aliphatic carbocycles. The topological polar surface area (TPSA) is 100 Å². The Morgan fingerprint density at radius 2 is 1.83 bits per heavy atom. The van der Waals surface area contributed by atoms with Crippen LogP contribution in [0.4, 0.5) is 5.82 Å². The van der Waals surface area contributed by atoms with Crippen molar-refractivity contribution in [3.8, 4) is 11.4 Å². The predicted octanol–water partition coefficient (Wildman–Crippen LogP) is 3.35. The van der Waals surface area contributed by atoms with Gasteiger partial charge in [0.15, 0.2) is 5.82 Å². The van der Waals surface area contributed by atoms with Gasteiger partial charge in [-0.15, -0.1) is 0 Å². The predicted molar refractivity (Wildman–Crippen MR) is 123 cm³/mol. The fourth-order valence-electron chi connectivity index (χ4n) is 3.47. The molecule has 0 bridgehead atoms. The molecule has 0 spiro atoms. The molecule has 0 unspecified atom stereocenters. The molecule has 29 heavy (non-hydrogen) atoms. The molecule has 0 aliphatic heterocycles. The molecular formula is C20H26N4O3S2. The standard InChI is InChI=1S/C20H22N4O3.2H2S/c1-27-20(26)16-11-15-18(21-13-7-9-14(25)10-8-13)23-17(24-19(15)22-16)12-5-3-2-4-6-12;;/h2-6,11,13-14,25H,7-10H2,1H3,(H2,21,22,23,24);2*1H2. The summed E-state index contributed by atoms with van der Waals surface area (Å²) in [6.07, 6.45) is 3.09. The fraction of sp³-hybridized carbons (Fsp3) is 0.350. The van der Waals surface area contributed by atoms with Gasteiger partial charge in [0.1, 0.15) is 17.2 Å². The minimum Gasteiger partial charge on any atom is -0.464 e. The SMILES string of the molecule is COC(=O)c1cc2c(NC3CCC(O)CC3)nc(-c3ccccc3)nc2[nH]1.S.S. The average Bonchev–Trinajstić information content (AvgIpc) is 3.14. The summed E-state index contributed by atoms with van der Waals surface area (Å²) >= 11 is 0. The quantitative estimate of drug-likeness (QED) is 0.545. The summed E-state index contributed by atoms with van der Waals surface area (Å²) in [5, 5.41) is 14.0. The van der Waals surface area contributed by atoms with Crippen LogP contribution in [0.25, 0.3) is 22.4 Å². The number of aromatic nitrogens is 3. The Balaban J connectivity index is 0.00000150. The van der Waals surface area contributed by atoms with E-state index in [1.807, 2.05) is 30.3 Å². The van der Waals surface area contributed by atoms with Gasteiger partial charge in [-0.05, 0) is 31.7 Å². The van der Waals surface area contributed by atoms with Crippen LogP contribution in [0, 0.1) is 0 Å². The van der Waals surface area contributed by atoms with Crippen molar-refractivity contribution < 1.29 is 14.6 Å². The van der Waals surface area contributed by atoms with E-state index in [4.69, 9.17) is 9.72 Å². The third kappa shape index (κ3) is 5.04. The second-order valence-corrected chi connectivity index (χ2v) is 6.85. The van der Waals surface area contributed by atoms with Gasteiger partial charge in [-0.2, -0.15) is 27.0 Å². The Bertz CT molecular complexity index is 957. The lowest BCUT2D eigenvalue weighted by Crippen LogP contribution is -2.28. The summed E-state index contributed by atoms with van der Waals surface area (Å²) in [7, 11) is 1.35. The van der Waals surface area contributed by atoms with Gasteiger partial charge in [-0.3, -0.25) is 0 Å². The van der Waals surface area contributed by atoms with Crippen LogP contribution in [0.1, 0.15) is 36.2 Å². The summed E-state index contributed by atoms with van der Waals surface area (Å²) in [5.74, 6) is 0.826. The number of benzene rings is 1. The summed E-state index contributed by atoms with van der Waals surface area (Å²) in [5.41, 5.74) is 1.83. The Hall–Kier alpha value is -2.23. The Morgan fingerprint density at radius 3 is 2.48 bits per heavy atom. The number of nitrogens with zero attached hydrogens (tertiary/aromatic N) is 2. The number of esters is 1. The van der Waals surface area contributed by atoms with Crippen molar-refractivity contribution in [1.82, 2.24) is 15.0 Å². The third-order valence-electron chi connectivity index (χ3n) is 4.96. The Kier molecular flexibility index (Phi) is 7.95. The molecule has 0 amide bonds. The molecule has 3 aromatic rings. The fourth-order valence-corrected chi connectivity index (χ4v) is 3.47. The van der Waals surface area contributed by atoms with Gasteiger partial charge in [0.25, 0.3) is 0 Å². The lowest BCUT2D eigenvalue weighted by Gasteiger charge is -2.26. The highest BCUT2D eigenvalue weighted by Gasteiger charge is 2.22. The van der Waals surface area contributed by atoms with Crippen molar-refractivity contribution in [2.24, 2.45) is 0 Å². The first kappa shape index (κ1) is 23.1. The van der Waals surface area contributed by atoms with E-state index in [2.05, 4.69) is 15.3 Å². The highest BCUT2D eigenvalue weighted by molar-refractivity contribution is 7.59. The van der Waals surface area contributed by atoms with E-state index in [1.54, 1.807) is 6.07 Å². The number of ether oxygens (including phenoxy) is 1. The van der Waals surface area contributed by atoms with Crippen molar-refractivity contribution in [2.75, 3.05) is 12.4 Å². The summed E-state index contributed by atoms with van der Waals surface area (Å²) < 4.78 is 4.82. The van der Waals surface area contributed by atoms with Gasteiger partial charge in [0.2, 0.25) is 0 Å². The lowest BCUT2D eigenvalue weighted by molar-refractivity contribution is 0.0595. The van der Waals surface area contributed by atoms with Crippen molar-refractivity contribution in [3.05, 3.63) is 42.1 Å².